The Kier molecular flexibility index (Phi) is 4.71. The Morgan fingerprint density at radius 2 is 2.05 bits per heavy atom. The topological polar surface area (TPSA) is 50.1 Å². The summed E-state index contributed by atoms with van der Waals surface area (Å²) in [7, 11) is 1.48. The average molecular weight is 348 g/mol. The summed E-state index contributed by atoms with van der Waals surface area (Å²) in [5.41, 5.74) is 0.351. The zero-order valence-corrected chi connectivity index (χ0v) is 12.7. The van der Waals surface area contributed by atoms with E-state index < -0.39 is 17.5 Å². The van der Waals surface area contributed by atoms with Crippen molar-refractivity contribution >= 4 is 21.7 Å². The Balaban J connectivity index is 2.47. The Hall–Kier alpha value is -2.19. The monoisotopic (exact) mass is 347 g/mol. The number of rotatable bonds is 4. The summed E-state index contributed by atoms with van der Waals surface area (Å²) >= 11 is 3.27. The molecule has 3 nitrogen and oxygen atoms in total. The minimum Gasteiger partial charge on any atom is -0.497 e. The number of hydrogen-bond donors (Lipinski definition) is 0. The predicted octanol–water partition coefficient (Wildman–Crippen LogP) is 4.09. The molecule has 0 saturated carbocycles. The molecule has 0 aromatic heterocycles. The third-order valence-corrected chi connectivity index (χ3v) is 3.74. The van der Waals surface area contributed by atoms with Gasteiger partial charge in [0.05, 0.1) is 13.2 Å². The molecule has 0 fully saturated rings. The lowest BCUT2D eigenvalue weighted by Crippen LogP contribution is -2.13. The maximum atomic E-state index is 13.8. The zero-order chi connectivity index (χ0) is 15.4. The fraction of sp³-hybridized carbons (Fsp3) is 0.125. The highest BCUT2D eigenvalue weighted by atomic mass is 79.9. The standard InChI is InChI=1S/C16H11BrFNO2/c1-21-10-6-7-14(17)12(8-10)16(20)13(9-19)11-4-2-3-5-15(11)18/h2-8,13H,1H3. The number of ketones is 1. The van der Waals surface area contributed by atoms with E-state index >= 15 is 0 Å². The summed E-state index contributed by atoms with van der Waals surface area (Å²) in [5, 5.41) is 9.27. The third kappa shape index (κ3) is 3.11. The van der Waals surface area contributed by atoms with Crippen LogP contribution >= 0.6 is 15.9 Å². The predicted molar refractivity (Wildman–Crippen MR) is 79.8 cm³/mol. The maximum Gasteiger partial charge on any atom is 0.185 e. The second-order valence-corrected chi connectivity index (χ2v) is 5.15. The van der Waals surface area contributed by atoms with E-state index in [9.17, 15) is 14.4 Å². The molecule has 0 saturated heterocycles. The molecule has 2 rings (SSSR count). The number of methoxy groups -OCH3 is 1. The number of carbonyl (C=O) groups excluding carboxylic acids is 1. The molecule has 5 heteroatoms. The van der Waals surface area contributed by atoms with E-state index in [1.165, 1.54) is 31.4 Å². The largest absolute Gasteiger partial charge is 0.497 e. The first kappa shape index (κ1) is 15.2. The molecule has 106 valence electrons. The van der Waals surface area contributed by atoms with Gasteiger partial charge in [0.2, 0.25) is 0 Å². The first-order chi connectivity index (χ1) is 10.1. The minimum atomic E-state index is -1.20. The molecule has 2 aromatic rings. The van der Waals surface area contributed by atoms with Gasteiger partial charge in [0.15, 0.2) is 5.78 Å². The summed E-state index contributed by atoms with van der Waals surface area (Å²) in [6.45, 7) is 0. The molecule has 0 amide bonds. The molecular formula is C16H11BrFNO2. The van der Waals surface area contributed by atoms with Gasteiger partial charge in [-0.05, 0) is 24.3 Å². The number of halogens is 2. The van der Waals surface area contributed by atoms with Gasteiger partial charge in [-0.1, -0.05) is 34.1 Å². The fourth-order valence-corrected chi connectivity index (χ4v) is 2.40. The van der Waals surface area contributed by atoms with Crippen molar-refractivity contribution < 1.29 is 13.9 Å². The fourth-order valence-electron chi connectivity index (χ4n) is 1.95. The molecule has 0 spiro atoms. The van der Waals surface area contributed by atoms with Crippen LogP contribution < -0.4 is 4.74 Å². The van der Waals surface area contributed by atoms with Crippen molar-refractivity contribution in [2.45, 2.75) is 5.92 Å². The van der Waals surface area contributed by atoms with Crippen molar-refractivity contribution in [3.8, 4) is 11.8 Å². The first-order valence-electron chi connectivity index (χ1n) is 6.10. The van der Waals surface area contributed by atoms with Crippen LogP contribution in [0.25, 0.3) is 0 Å². The van der Waals surface area contributed by atoms with E-state index in [4.69, 9.17) is 4.74 Å². The van der Waals surface area contributed by atoms with Crippen LogP contribution in [0.5, 0.6) is 5.75 Å². The number of nitriles is 1. The van der Waals surface area contributed by atoms with Crippen LogP contribution in [0.2, 0.25) is 0 Å². The van der Waals surface area contributed by atoms with Gasteiger partial charge in [-0.25, -0.2) is 4.39 Å². The van der Waals surface area contributed by atoms with E-state index in [2.05, 4.69) is 15.9 Å². The van der Waals surface area contributed by atoms with Crippen molar-refractivity contribution in [3.63, 3.8) is 0 Å². The molecule has 0 radical (unpaired) electrons. The molecule has 0 aliphatic rings. The highest BCUT2D eigenvalue weighted by molar-refractivity contribution is 9.10. The third-order valence-electron chi connectivity index (χ3n) is 3.05. The maximum absolute atomic E-state index is 13.8. The Morgan fingerprint density at radius 3 is 2.67 bits per heavy atom. The zero-order valence-electron chi connectivity index (χ0n) is 11.1. The highest BCUT2D eigenvalue weighted by Gasteiger charge is 2.26. The van der Waals surface area contributed by atoms with Crippen LogP contribution in [-0.2, 0) is 0 Å². The number of hydrogen-bond acceptors (Lipinski definition) is 3. The summed E-state index contributed by atoms with van der Waals surface area (Å²) < 4.78 is 19.4. The molecule has 0 heterocycles. The molecule has 0 N–H and O–H groups in total. The van der Waals surface area contributed by atoms with Gasteiger partial charge in [-0.3, -0.25) is 4.79 Å². The van der Waals surface area contributed by atoms with Gasteiger partial charge in [0, 0.05) is 15.6 Å². The van der Waals surface area contributed by atoms with Crippen molar-refractivity contribution in [2.24, 2.45) is 0 Å². The summed E-state index contributed by atoms with van der Waals surface area (Å²) in [5.74, 6) is -1.76. The van der Waals surface area contributed by atoms with E-state index in [1.54, 1.807) is 18.2 Å². The lowest BCUT2D eigenvalue weighted by atomic mass is 9.91. The van der Waals surface area contributed by atoms with E-state index in [0.717, 1.165) is 0 Å². The molecule has 0 aliphatic heterocycles. The number of benzene rings is 2. The van der Waals surface area contributed by atoms with Gasteiger partial charge in [-0.2, -0.15) is 5.26 Å². The molecule has 2 aromatic carbocycles. The van der Waals surface area contributed by atoms with Gasteiger partial charge in [0.1, 0.15) is 17.5 Å². The average Bonchev–Trinajstić information content (AvgIpc) is 2.50. The minimum absolute atomic E-state index is 0.0692. The number of nitrogens with zero attached hydrogens (tertiary/aromatic N) is 1. The van der Waals surface area contributed by atoms with Crippen molar-refractivity contribution in [2.75, 3.05) is 7.11 Å². The second kappa shape index (κ2) is 6.51. The van der Waals surface area contributed by atoms with Crippen LogP contribution in [0.1, 0.15) is 21.8 Å². The van der Waals surface area contributed by atoms with Crippen molar-refractivity contribution in [3.05, 3.63) is 63.9 Å². The first-order valence-corrected chi connectivity index (χ1v) is 6.89. The van der Waals surface area contributed by atoms with Crippen LogP contribution in [0.4, 0.5) is 4.39 Å². The quantitative estimate of drug-likeness (QED) is 0.782. The molecule has 21 heavy (non-hydrogen) atoms. The van der Waals surface area contributed by atoms with E-state index in [-0.39, 0.29) is 11.1 Å². The highest BCUT2D eigenvalue weighted by Crippen LogP contribution is 2.29. The van der Waals surface area contributed by atoms with Crippen LogP contribution in [0.3, 0.4) is 0 Å². The van der Waals surface area contributed by atoms with Crippen molar-refractivity contribution in [1.29, 1.82) is 5.26 Å². The van der Waals surface area contributed by atoms with Gasteiger partial charge in [0.25, 0.3) is 0 Å². The number of Topliss-reactive ketones (excluding diaryl/α,β-unsaturated/α-hetero) is 1. The summed E-state index contributed by atoms with van der Waals surface area (Å²) in [6.07, 6.45) is 0. The number of ether oxygens (including phenoxy) is 1. The SMILES string of the molecule is COc1ccc(Br)c(C(=O)C(C#N)c2ccccc2F)c1. The van der Waals surface area contributed by atoms with Gasteiger partial charge in [-0.15, -0.1) is 0 Å². The Morgan fingerprint density at radius 1 is 1.33 bits per heavy atom. The molecular weight excluding hydrogens is 337 g/mol. The summed E-state index contributed by atoms with van der Waals surface area (Å²) in [4.78, 5) is 12.5. The van der Waals surface area contributed by atoms with Gasteiger partial charge < -0.3 is 4.74 Å². The molecule has 1 atom stereocenters. The van der Waals surface area contributed by atoms with E-state index in [1.807, 2.05) is 6.07 Å². The van der Waals surface area contributed by atoms with Crippen LogP contribution in [0.15, 0.2) is 46.9 Å². The van der Waals surface area contributed by atoms with Crippen LogP contribution in [0, 0.1) is 17.1 Å². The van der Waals surface area contributed by atoms with Gasteiger partial charge >= 0.3 is 0 Å². The molecule has 0 aliphatic carbocycles. The molecule has 1 unspecified atom stereocenters. The van der Waals surface area contributed by atoms with Crippen molar-refractivity contribution in [1.82, 2.24) is 0 Å². The van der Waals surface area contributed by atoms with E-state index in [0.29, 0.717) is 10.2 Å². The second-order valence-electron chi connectivity index (χ2n) is 4.29. The normalized spacial score (nSPS) is 11.5. The van der Waals surface area contributed by atoms with Crippen LogP contribution in [-0.4, -0.2) is 12.9 Å². The smallest absolute Gasteiger partial charge is 0.185 e. The Labute approximate surface area is 130 Å². The Bertz CT molecular complexity index is 724. The lowest BCUT2D eigenvalue weighted by molar-refractivity contribution is 0.0976. The molecule has 0 bridgehead atoms. The number of carbonyl (C=O) groups is 1. The lowest BCUT2D eigenvalue weighted by Gasteiger charge is -2.12. The summed E-state index contributed by atoms with van der Waals surface area (Å²) in [6, 6.07) is 12.5.